The van der Waals surface area contributed by atoms with E-state index in [1.165, 1.54) is 24.5 Å². The monoisotopic (exact) mass is 377 g/mol. The second-order valence-corrected chi connectivity index (χ2v) is 5.69. The SMILES string of the molecule is O=C(Nc1cccnc1Cl)c1ccc(-c2cncc(C(F)(F)F)c2)cc1. The fourth-order valence-electron chi connectivity index (χ4n) is 2.24. The maximum Gasteiger partial charge on any atom is 0.417 e. The number of carbonyl (C=O) groups is 1. The summed E-state index contributed by atoms with van der Waals surface area (Å²) in [6, 6.07) is 10.4. The maximum absolute atomic E-state index is 12.8. The molecule has 0 atom stereocenters. The van der Waals surface area contributed by atoms with E-state index in [0.717, 1.165) is 12.3 Å². The van der Waals surface area contributed by atoms with Crippen molar-refractivity contribution in [3.05, 3.63) is 77.3 Å². The van der Waals surface area contributed by atoms with Crippen molar-refractivity contribution in [1.82, 2.24) is 9.97 Å². The van der Waals surface area contributed by atoms with E-state index in [1.807, 2.05) is 0 Å². The molecule has 1 amide bonds. The van der Waals surface area contributed by atoms with Crippen LogP contribution in [-0.4, -0.2) is 15.9 Å². The zero-order chi connectivity index (χ0) is 18.7. The third-order valence-corrected chi connectivity index (χ3v) is 3.85. The second kappa shape index (κ2) is 7.13. The Kier molecular flexibility index (Phi) is 4.90. The molecule has 0 saturated carbocycles. The lowest BCUT2D eigenvalue weighted by atomic mass is 10.0. The summed E-state index contributed by atoms with van der Waals surface area (Å²) >= 11 is 5.89. The summed E-state index contributed by atoms with van der Waals surface area (Å²) in [5, 5.41) is 2.78. The summed E-state index contributed by atoms with van der Waals surface area (Å²) < 4.78 is 38.4. The van der Waals surface area contributed by atoms with Gasteiger partial charge in [0.2, 0.25) is 0 Å². The van der Waals surface area contributed by atoms with Crippen LogP contribution >= 0.6 is 11.6 Å². The van der Waals surface area contributed by atoms with Gasteiger partial charge >= 0.3 is 6.18 Å². The van der Waals surface area contributed by atoms with E-state index < -0.39 is 17.6 Å². The van der Waals surface area contributed by atoms with Crippen LogP contribution in [0.4, 0.5) is 18.9 Å². The molecule has 2 aromatic heterocycles. The number of rotatable bonds is 3. The highest BCUT2D eigenvalue weighted by molar-refractivity contribution is 6.32. The van der Waals surface area contributed by atoms with Crippen LogP contribution < -0.4 is 5.32 Å². The molecule has 0 aliphatic heterocycles. The van der Waals surface area contributed by atoms with Crippen LogP contribution in [-0.2, 0) is 6.18 Å². The molecule has 0 radical (unpaired) electrons. The van der Waals surface area contributed by atoms with Crippen LogP contribution in [0.15, 0.2) is 61.1 Å². The average molecular weight is 378 g/mol. The van der Waals surface area contributed by atoms with Gasteiger partial charge in [-0.15, -0.1) is 0 Å². The molecular weight excluding hydrogens is 367 g/mol. The Labute approximate surface area is 151 Å². The smallest absolute Gasteiger partial charge is 0.319 e. The van der Waals surface area contributed by atoms with E-state index in [0.29, 0.717) is 22.4 Å². The number of hydrogen-bond donors (Lipinski definition) is 1. The number of hydrogen-bond acceptors (Lipinski definition) is 3. The van der Waals surface area contributed by atoms with Crippen molar-refractivity contribution in [2.45, 2.75) is 6.18 Å². The standard InChI is InChI=1S/C18H11ClF3N3O/c19-16-15(2-1-7-24-16)25-17(26)12-5-3-11(4-6-12)13-8-14(10-23-9-13)18(20,21)22/h1-10H,(H,25,26). The number of anilines is 1. The topological polar surface area (TPSA) is 54.9 Å². The highest BCUT2D eigenvalue weighted by Crippen LogP contribution is 2.31. The molecule has 1 N–H and O–H groups in total. The summed E-state index contributed by atoms with van der Waals surface area (Å²) in [6.45, 7) is 0. The van der Waals surface area contributed by atoms with Crippen molar-refractivity contribution in [3.63, 3.8) is 0 Å². The summed E-state index contributed by atoms with van der Waals surface area (Å²) in [7, 11) is 0. The molecule has 0 aliphatic carbocycles. The number of nitrogens with one attached hydrogen (secondary N) is 1. The van der Waals surface area contributed by atoms with Gasteiger partial charge in [-0.1, -0.05) is 23.7 Å². The van der Waals surface area contributed by atoms with E-state index in [2.05, 4.69) is 15.3 Å². The van der Waals surface area contributed by atoms with Crippen molar-refractivity contribution < 1.29 is 18.0 Å². The Balaban J connectivity index is 1.81. The zero-order valence-electron chi connectivity index (χ0n) is 13.1. The predicted molar refractivity (Wildman–Crippen MR) is 91.9 cm³/mol. The fraction of sp³-hybridized carbons (Fsp3) is 0.0556. The molecule has 0 spiro atoms. The average Bonchev–Trinajstić information content (AvgIpc) is 2.63. The van der Waals surface area contributed by atoms with Crippen molar-refractivity contribution in [2.75, 3.05) is 5.32 Å². The number of carbonyl (C=O) groups excluding carboxylic acids is 1. The second-order valence-electron chi connectivity index (χ2n) is 5.33. The van der Waals surface area contributed by atoms with Crippen LogP contribution in [0, 0.1) is 0 Å². The van der Waals surface area contributed by atoms with Crippen molar-refractivity contribution >= 4 is 23.2 Å². The summed E-state index contributed by atoms with van der Waals surface area (Å²) in [4.78, 5) is 19.7. The summed E-state index contributed by atoms with van der Waals surface area (Å²) in [5.74, 6) is -0.409. The fourth-order valence-corrected chi connectivity index (χ4v) is 2.41. The van der Waals surface area contributed by atoms with Gasteiger partial charge < -0.3 is 5.32 Å². The Morgan fingerprint density at radius 1 is 1.04 bits per heavy atom. The Morgan fingerprint density at radius 2 is 1.77 bits per heavy atom. The number of pyridine rings is 2. The van der Waals surface area contributed by atoms with E-state index in [1.54, 1.807) is 24.3 Å². The lowest BCUT2D eigenvalue weighted by molar-refractivity contribution is -0.137. The van der Waals surface area contributed by atoms with Gasteiger partial charge in [-0.05, 0) is 35.9 Å². The minimum absolute atomic E-state index is 0.160. The first-order valence-electron chi connectivity index (χ1n) is 7.39. The zero-order valence-corrected chi connectivity index (χ0v) is 13.8. The molecule has 8 heteroatoms. The van der Waals surface area contributed by atoms with E-state index in [9.17, 15) is 18.0 Å². The van der Waals surface area contributed by atoms with Crippen molar-refractivity contribution in [3.8, 4) is 11.1 Å². The van der Waals surface area contributed by atoms with Crippen LogP contribution in [0.3, 0.4) is 0 Å². The van der Waals surface area contributed by atoms with Gasteiger partial charge in [0.1, 0.15) is 0 Å². The number of amides is 1. The number of alkyl halides is 3. The van der Waals surface area contributed by atoms with Crippen LogP contribution in [0.25, 0.3) is 11.1 Å². The number of nitrogens with zero attached hydrogens (tertiary/aromatic N) is 2. The first-order valence-corrected chi connectivity index (χ1v) is 7.77. The first-order chi connectivity index (χ1) is 12.3. The van der Waals surface area contributed by atoms with Gasteiger partial charge in [0.05, 0.1) is 11.3 Å². The Bertz CT molecular complexity index is 943. The Morgan fingerprint density at radius 3 is 2.42 bits per heavy atom. The van der Waals surface area contributed by atoms with Gasteiger partial charge in [-0.2, -0.15) is 13.2 Å². The third-order valence-electron chi connectivity index (χ3n) is 3.55. The first kappa shape index (κ1) is 17.9. The van der Waals surface area contributed by atoms with Gasteiger partial charge in [-0.25, -0.2) is 4.98 Å². The van der Waals surface area contributed by atoms with Crippen LogP contribution in [0.5, 0.6) is 0 Å². The minimum atomic E-state index is -4.47. The highest BCUT2D eigenvalue weighted by atomic mass is 35.5. The summed E-state index contributed by atoms with van der Waals surface area (Å²) in [6.07, 6.45) is -0.871. The Hall–Kier alpha value is -2.93. The number of aromatic nitrogens is 2. The molecule has 132 valence electrons. The number of benzene rings is 1. The molecule has 0 bridgehead atoms. The maximum atomic E-state index is 12.8. The van der Waals surface area contributed by atoms with Gasteiger partial charge in [-0.3, -0.25) is 9.78 Å². The minimum Gasteiger partial charge on any atom is -0.319 e. The quantitative estimate of drug-likeness (QED) is 0.648. The van der Waals surface area contributed by atoms with Crippen molar-refractivity contribution in [2.24, 2.45) is 0 Å². The van der Waals surface area contributed by atoms with E-state index in [4.69, 9.17) is 11.6 Å². The molecule has 2 heterocycles. The lowest BCUT2D eigenvalue weighted by Gasteiger charge is -2.09. The molecule has 0 fully saturated rings. The van der Waals surface area contributed by atoms with Gasteiger partial charge in [0, 0.05) is 29.7 Å². The normalized spacial score (nSPS) is 11.2. The molecule has 4 nitrogen and oxygen atoms in total. The highest BCUT2D eigenvalue weighted by Gasteiger charge is 2.31. The molecule has 0 aliphatic rings. The summed E-state index contributed by atoms with van der Waals surface area (Å²) in [5.41, 5.74) is 0.684. The lowest BCUT2D eigenvalue weighted by Crippen LogP contribution is -2.12. The largest absolute Gasteiger partial charge is 0.417 e. The van der Waals surface area contributed by atoms with Gasteiger partial charge in [0.25, 0.3) is 5.91 Å². The van der Waals surface area contributed by atoms with E-state index in [-0.39, 0.29) is 5.15 Å². The van der Waals surface area contributed by atoms with Crippen LogP contribution in [0.1, 0.15) is 15.9 Å². The van der Waals surface area contributed by atoms with Gasteiger partial charge in [0.15, 0.2) is 5.15 Å². The molecular formula is C18H11ClF3N3O. The molecule has 0 unspecified atom stereocenters. The molecule has 1 aromatic carbocycles. The number of halogens is 4. The van der Waals surface area contributed by atoms with E-state index >= 15 is 0 Å². The third kappa shape index (κ3) is 4.00. The molecule has 26 heavy (non-hydrogen) atoms. The molecule has 3 rings (SSSR count). The molecule has 3 aromatic rings. The van der Waals surface area contributed by atoms with Crippen molar-refractivity contribution in [1.29, 1.82) is 0 Å². The predicted octanol–water partition coefficient (Wildman–Crippen LogP) is 5.07. The molecule has 0 saturated heterocycles. The van der Waals surface area contributed by atoms with Crippen LogP contribution in [0.2, 0.25) is 5.15 Å².